The number of ether oxygens (including phenoxy) is 1. The van der Waals surface area contributed by atoms with E-state index in [1.807, 2.05) is 175 Å². The first kappa shape index (κ1) is 77.9. The van der Waals surface area contributed by atoms with Gasteiger partial charge in [0.1, 0.15) is 5.60 Å². The lowest BCUT2D eigenvalue weighted by Crippen LogP contribution is -2.47. The second-order valence-corrected chi connectivity index (χ2v) is 26.8. The van der Waals surface area contributed by atoms with Gasteiger partial charge in [0.25, 0.3) is 17.7 Å². The van der Waals surface area contributed by atoms with Crippen molar-refractivity contribution in [2.45, 2.75) is 96.9 Å². The molecule has 0 radical (unpaired) electrons. The third-order valence-electron chi connectivity index (χ3n) is 16.1. The van der Waals surface area contributed by atoms with Crippen LogP contribution in [0.5, 0.6) is 0 Å². The zero-order chi connectivity index (χ0) is 72.0. The Morgan fingerprint density at radius 3 is 0.980 bits per heavy atom. The number of nitrogens with two attached hydrogens (primary N) is 1. The quantitative estimate of drug-likeness (QED) is 0.0552. The first-order valence-electron chi connectivity index (χ1n) is 32.9. The molecule has 0 bridgehead atoms. The molecule has 22 nitrogen and oxygen atoms in total. The van der Waals surface area contributed by atoms with Crippen molar-refractivity contribution in [3.05, 3.63) is 214 Å². The van der Waals surface area contributed by atoms with Crippen LogP contribution in [-0.4, -0.2) is 143 Å². The highest BCUT2D eigenvalue weighted by Gasteiger charge is 2.28. The highest BCUT2D eigenvalue weighted by atomic mass is 35.5. The van der Waals surface area contributed by atoms with Gasteiger partial charge in [-0.2, -0.15) is 0 Å². The lowest BCUT2D eigenvalue weighted by Gasteiger charge is -2.33. The molecule has 7 N–H and O–H groups in total. The molecule has 5 amide bonds. The molecule has 0 unspecified atom stereocenters. The number of nitrogens with one attached hydrogen (secondary N) is 5. The van der Waals surface area contributed by atoms with Gasteiger partial charge in [-0.25, -0.2) is 34.7 Å². The van der Waals surface area contributed by atoms with Crippen LogP contribution >= 0.6 is 58.8 Å². The third-order valence-corrected chi connectivity index (χ3v) is 16.8. The number of anilines is 6. The maximum absolute atomic E-state index is 13.0. The molecule has 3 aliphatic heterocycles. The third kappa shape index (κ3) is 24.5. The van der Waals surface area contributed by atoms with Gasteiger partial charge in [0.2, 0.25) is 29.0 Å². The minimum Gasteiger partial charge on any atom is -0.444 e. The van der Waals surface area contributed by atoms with Crippen molar-refractivity contribution in [1.82, 2.24) is 55.2 Å². The summed E-state index contributed by atoms with van der Waals surface area (Å²) < 4.78 is 5.32. The Kier molecular flexibility index (Phi) is 28.8. The minimum atomic E-state index is -0.534. The van der Waals surface area contributed by atoms with E-state index in [1.54, 1.807) is 42.9 Å². The molecule has 3 saturated heterocycles. The van der Waals surface area contributed by atoms with Gasteiger partial charge in [0.05, 0.1) is 17.1 Å². The molecule has 532 valence electrons. The van der Waals surface area contributed by atoms with Gasteiger partial charge in [-0.3, -0.25) is 24.0 Å². The lowest BCUT2D eigenvalue weighted by atomic mass is 10.0. The number of nitrogens with zero attached hydrogens (tertiary/aromatic N) is 9. The molecule has 27 heteroatoms. The van der Waals surface area contributed by atoms with E-state index in [0.29, 0.717) is 102 Å². The van der Waals surface area contributed by atoms with Gasteiger partial charge < -0.3 is 51.8 Å². The molecule has 0 atom stereocenters. The van der Waals surface area contributed by atoms with Crippen LogP contribution in [0, 0.1) is 0 Å². The fraction of sp³-hybridized carbons (Fsp3) is 0.280. The van der Waals surface area contributed by atoms with Gasteiger partial charge in [0.15, 0.2) is 0 Å². The molecule has 12 rings (SSSR count). The van der Waals surface area contributed by atoms with Gasteiger partial charge in [0, 0.05) is 155 Å². The highest BCUT2D eigenvalue weighted by molar-refractivity contribution is 6.62. The van der Waals surface area contributed by atoms with E-state index in [2.05, 4.69) is 68.1 Å². The number of rotatable bonds is 14. The average Bonchev–Trinajstić information content (AvgIpc) is 0.851. The molecule has 6 heterocycles. The van der Waals surface area contributed by atoms with Crippen LogP contribution < -0.4 is 32.3 Å². The summed E-state index contributed by atoms with van der Waals surface area (Å²) in [7, 11) is 0. The Labute approximate surface area is 619 Å². The topological polar surface area (TPSA) is 285 Å². The normalized spacial score (nSPS) is 13.9. The Morgan fingerprint density at radius 1 is 0.431 bits per heavy atom. The van der Waals surface area contributed by atoms with Crippen molar-refractivity contribution in [2.24, 2.45) is 5.73 Å². The lowest BCUT2D eigenvalue weighted by molar-refractivity contribution is -0.120. The summed E-state index contributed by atoms with van der Waals surface area (Å²) in [5, 5.41) is 17.0. The van der Waals surface area contributed by atoms with Gasteiger partial charge >= 0.3 is 6.09 Å². The van der Waals surface area contributed by atoms with Crippen molar-refractivity contribution in [3.8, 4) is 33.8 Å². The van der Waals surface area contributed by atoms with E-state index >= 15 is 0 Å². The zero-order valence-corrected chi connectivity index (χ0v) is 60.8. The first-order valence-corrected chi connectivity index (χ1v) is 34.4. The van der Waals surface area contributed by atoms with Crippen LogP contribution in [0.3, 0.4) is 0 Å². The predicted molar refractivity (Wildman–Crippen MR) is 405 cm³/mol. The van der Waals surface area contributed by atoms with Crippen LogP contribution in [0.25, 0.3) is 33.8 Å². The summed E-state index contributed by atoms with van der Waals surface area (Å²) in [6.07, 6.45) is 9.30. The molecule has 3 fully saturated rings. The number of benzene rings is 6. The van der Waals surface area contributed by atoms with E-state index in [4.69, 9.17) is 45.3 Å². The minimum absolute atomic E-state index is 0. The van der Waals surface area contributed by atoms with Crippen LogP contribution in [0.15, 0.2) is 182 Å². The highest BCUT2D eigenvalue weighted by Crippen LogP contribution is 2.27. The number of carbonyl (C=O) groups is 6. The Hall–Kier alpha value is -9.81. The standard InChI is InChI=1S/C27H30ClN5O3.C24H24ClN5O2.C22H22ClN5O.C2H3ClO.ClH/c1-27(2,3)36-26(35)31-22-13-16-33(17-14-22)24(34)19-6-10-21(11-7-19)30-25-29-15-12-23(32-25)18-4-8-20(28)9-5-18;1-16(31)27-21-11-14-30(15-12-21)23(32)18-4-8-20(9-5-18)28-24-26-13-10-22(29-24)17-2-6-19(25)7-3-17;23-17-5-1-15(2-6-17)20-9-12-25-22(27-20)26-19-7-3-16(4-8-19)21(29)28-13-10-18(24)11-14-28;1-2(3)4;/h4-12,15,22H,13-14,16-17H2,1-3H3,(H,31,35)(H,29,30,32);2-10,13,21H,11-12,14-15H2,1H3,(H,27,31)(H,26,28,29);1-9,12,18H,10-11,13-14,24H2,(H,25,26,27);1H3;1H. The first-order chi connectivity index (χ1) is 48.4. The van der Waals surface area contributed by atoms with E-state index in [1.165, 1.54) is 13.8 Å². The van der Waals surface area contributed by atoms with Crippen LogP contribution in [0.1, 0.15) is 104 Å². The van der Waals surface area contributed by atoms with Crippen molar-refractivity contribution in [2.75, 3.05) is 55.2 Å². The number of piperidine rings is 3. The van der Waals surface area contributed by atoms with Gasteiger partial charge in [-0.05, 0) is 198 Å². The molecule has 0 saturated carbocycles. The molecule has 9 aromatic rings. The van der Waals surface area contributed by atoms with E-state index < -0.39 is 11.7 Å². The monoisotopic (exact) mass is 1480 g/mol. The molecule has 3 aliphatic rings. The number of carbonyl (C=O) groups excluding carboxylic acids is 6. The maximum Gasteiger partial charge on any atom is 0.407 e. The molecule has 6 aromatic carbocycles. The van der Waals surface area contributed by atoms with Crippen molar-refractivity contribution in [3.63, 3.8) is 0 Å². The van der Waals surface area contributed by atoms with Crippen molar-refractivity contribution >= 4 is 129 Å². The number of halogens is 5. The second kappa shape index (κ2) is 37.7. The summed E-state index contributed by atoms with van der Waals surface area (Å²) in [6, 6.07) is 50.2. The number of alkyl carbamates (subject to hydrolysis) is 1. The number of aromatic nitrogens is 6. The second-order valence-electron chi connectivity index (χ2n) is 25.0. The predicted octanol–water partition coefficient (Wildman–Crippen LogP) is 15.2. The molecule has 3 aromatic heterocycles. The summed E-state index contributed by atoms with van der Waals surface area (Å²) in [5.41, 5.74) is 14.9. The number of likely N-dealkylation sites (tertiary alicyclic amines) is 3. The summed E-state index contributed by atoms with van der Waals surface area (Å²) in [6.45, 7) is 12.2. The Balaban J connectivity index is 0.000000189. The smallest absolute Gasteiger partial charge is 0.407 e. The largest absolute Gasteiger partial charge is 0.444 e. The van der Waals surface area contributed by atoms with Crippen LogP contribution in [0.2, 0.25) is 15.1 Å². The molecular formula is C75H80Cl5N15O7. The van der Waals surface area contributed by atoms with Crippen LogP contribution in [0.4, 0.5) is 39.7 Å². The summed E-state index contributed by atoms with van der Waals surface area (Å²) >= 11 is 22.5. The molecule has 0 spiro atoms. The van der Waals surface area contributed by atoms with E-state index in [-0.39, 0.29) is 59.4 Å². The van der Waals surface area contributed by atoms with Crippen molar-refractivity contribution in [1.29, 1.82) is 0 Å². The SMILES string of the molecule is CC(=O)Cl.CC(=O)NC1CCN(C(=O)c2ccc(Nc3nccc(-c4ccc(Cl)cc4)n3)cc2)CC1.CC(C)(C)OC(=O)NC1CCN(C(=O)c2ccc(Nc3nccc(-c4ccc(Cl)cc4)n3)cc2)CC1.Cl.NC1CCN(C(=O)c2ccc(Nc3nccc(-c4ccc(Cl)cc4)n3)cc2)CC1. The zero-order valence-electron chi connectivity index (χ0n) is 56.9. The van der Waals surface area contributed by atoms with E-state index in [9.17, 15) is 28.8 Å². The fourth-order valence-corrected chi connectivity index (χ4v) is 11.3. The Morgan fingerprint density at radius 2 is 0.706 bits per heavy atom. The average molecular weight is 1480 g/mol. The molecular weight excluding hydrogens is 1400 g/mol. The summed E-state index contributed by atoms with van der Waals surface area (Å²) in [4.78, 5) is 103. The number of hydrogen-bond acceptors (Lipinski definition) is 17. The van der Waals surface area contributed by atoms with Crippen molar-refractivity contribution < 1.29 is 33.5 Å². The summed E-state index contributed by atoms with van der Waals surface area (Å²) in [5.74, 6) is 1.40. The fourth-order valence-electron chi connectivity index (χ4n) is 10.9. The molecule has 0 aliphatic carbocycles. The number of amides is 5. The van der Waals surface area contributed by atoms with E-state index in [0.717, 1.165) is 76.5 Å². The number of hydrogen-bond donors (Lipinski definition) is 6. The molecule has 102 heavy (non-hydrogen) atoms. The Bertz CT molecular complexity index is 4250. The maximum atomic E-state index is 13.0. The van der Waals surface area contributed by atoms with Crippen LogP contribution in [-0.2, 0) is 14.3 Å². The van der Waals surface area contributed by atoms with Gasteiger partial charge in [-0.1, -0.05) is 71.2 Å². The van der Waals surface area contributed by atoms with Gasteiger partial charge in [-0.15, -0.1) is 12.4 Å².